The molecule has 0 spiro atoms. The van der Waals surface area contributed by atoms with Gasteiger partial charge in [-0.05, 0) is 61.1 Å². The fraction of sp³-hybridized carbons (Fsp3) is 0.350. The molecular formula is C20H20N2O2. The average Bonchev–Trinajstić information content (AvgIpc) is 3.17. The molecule has 0 unspecified atom stereocenters. The molecule has 1 aliphatic heterocycles. The Balaban J connectivity index is 1.28. The molecule has 1 aliphatic carbocycles. The monoisotopic (exact) mass is 320 g/mol. The number of imidazole rings is 1. The second-order valence-corrected chi connectivity index (χ2v) is 6.68. The number of rotatable bonds is 3. The van der Waals surface area contributed by atoms with Gasteiger partial charge in [0.15, 0.2) is 6.10 Å². The smallest absolute Gasteiger partial charge is 0.297 e. The Bertz CT molecular complexity index is 900. The molecule has 0 saturated carbocycles. The van der Waals surface area contributed by atoms with Crippen LogP contribution in [0.15, 0.2) is 42.5 Å². The van der Waals surface area contributed by atoms with Gasteiger partial charge in [-0.15, -0.1) is 0 Å². The second kappa shape index (κ2) is 5.55. The average molecular weight is 320 g/mol. The first-order chi connectivity index (χ1) is 11.9. The van der Waals surface area contributed by atoms with Gasteiger partial charge in [-0.1, -0.05) is 18.2 Å². The zero-order valence-electron chi connectivity index (χ0n) is 13.6. The molecule has 5 rings (SSSR count). The highest BCUT2D eigenvalue weighted by molar-refractivity contribution is 5.76. The molecular weight excluding hydrogens is 300 g/mol. The SMILES string of the molecule is c1ccc2c(c1)nc1n2C[C@@H](COc2ccc3c(c2)CCCC3)O1. The third-order valence-electron chi connectivity index (χ3n) is 5.03. The lowest BCUT2D eigenvalue weighted by molar-refractivity contribution is 0.144. The maximum atomic E-state index is 6.00. The molecule has 0 bridgehead atoms. The minimum absolute atomic E-state index is 0.0214. The van der Waals surface area contributed by atoms with Crippen LogP contribution in [-0.2, 0) is 19.4 Å². The Morgan fingerprint density at radius 3 is 2.92 bits per heavy atom. The van der Waals surface area contributed by atoms with Gasteiger partial charge >= 0.3 is 0 Å². The topological polar surface area (TPSA) is 36.3 Å². The van der Waals surface area contributed by atoms with Crippen molar-refractivity contribution in [2.24, 2.45) is 0 Å². The van der Waals surface area contributed by atoms with Crippen LogP contribution in [0.1, 0.15) is 24.0 Å². The summed E-state index contributed by atoms with van der Waals surface area (Å²) in [6, 6.07) is 15.4. The molecule has 0 amide bonds. The lowest BCUT2D eigenvalue weighted by Gasteiger charge is -2.17. The van der Waals surface area contributed by atoms with E-state index in [0.717, 1.165) is 23.3 Å². The maximum Gasteiger partial charge on any atom is 0.297 e. The second-order valence-electron chi connectivity index (χ2n) is 6.68. The molecule has 24 heavy (non-hydrogen) atoms. The number of hydrogen-bond donors (Lipinski definition) is 0. The summed E-state index contributed by atoms with van der Waals surface area (Å²) >= 11 is 0. The summed E-state index contributed by atoms with van der Waals surface area (Å²) in [6.07, 6.45) is 5.00. The molecule has 2 aliphatic rings. The van der Waals surface area contributed by atoms with Crippen molar-refractivity contribution in [2.45, 2.75) is 38.3 Å². The summed E-state index contributed by atoms with van der Waals surface area (Å²) < 4.78 is 14.1. The summed E-state index contributed by atoms with van der Waals surface area (Å²) in [7, 11) is 0. The predicted octanol–water partition coefficient (Wildman–Crippen LogP) is 3.76. The highest BCUT2D eigenvalue weighted by atomic mass is 16.6. The quantitative estimate of drug-likeness (QED) is 0.737. The molecule has 2 aromatic carbocycles. The van der Waals surface area contributed by atoms with Gasteiger partial charge in [0, 0.05) is 0 Å². The number of ether oxygens (including phenoxy) is 2. The van der Waals surface area contributed by atoms with Gasteiger partial charge in [-0.2, -0.15) is 4.98 Å². The third kappa shape index (κ3) is 2.33. The lowest BCUT2D eigenvalue weighted by atomic mass is 9.92. The highest BCUT2D eigenvalue weighted by Crippen LogP contribution is 2.29. The van der Waals surface area contributed by atoms with Gasteiger partial charge in [0.25, 0.3) is 6.01 Å². The van der Waals surface area contributed by atoms with Crippen LogP contribution in [0.4, 0.5) is 0 Å². The molecule has 2 heterocycles. The van der Waals surface area contributed by atoms with E-state index in [2.05, 4.69) is 33.8 Å². The van der Waals surface area contributed by atoms with Crippen LogP contribution >= 0.6 is 0 Å². The van der Waals surface area contributed by atoms with E-state index < -0.39 is 0 Å². The van der Waals surface area contributed by atoms with Crippen LogP contribution in [0.5, 0.6) is 11.8 Å². The van der Waals surface area contributed by atoms with Crippen molar-refractivity contribution >= 4 is 11.0 Å². The molecule has 0 N–H and O–H groups in total. The van der Waals surface area contributed by atoms with Gasteiger partial charge < -0.3 is 9.47 Å². The van der Waals surface area contributed by atoms with Crippen LogP contribution in [0, 0.1) is 0 Å². The number of hydrogen-bond acceptors (Lipinski definition) is 3. The van der Waals surface area contributed by atoms with E-state index in [4.69, 9.17) is 9.47 Å². The Hall–Kier alpha value is -2.49. The van der Waals surface area contributed by atoms with Crippen LogP contribution in [0.25, 0.3) is 11.0 Å². The van der Waals surface area contributed by atoms with E-state index in [0.29, 0.717) is 12.6 Å². The normalized spacial score (nSPS) is 18.9. The molecule has 4 heteroatoms. The van der Waals surface area contributed by atoms with E-state index in [1.165, 1.54) is 36.8 Å². The molecule has 0 fully saturated rings. The number of aryl methyl sites for hydroxylation is 2. The summed E-state index contributed by atoms with van der Waals surface area (Å²) in [5, 5.41) is 0. The maximum absolute atomic E-state index is 6.00. The largest absolute Gasteiger partial charge is 0.490 e. The Kier molecular flexibility index (Phi) is 3.21. The summed E-state index contributed by atoms with van der Waals surface area (Å²) in [5.74, 6) is 0.952. The molecule has 1 atom stereocenters. The summed E-state index contributed by atoms with van der Waals surface area (Å²) in [6.45, 7) is 1.34. The van der Waals surface area contributed by atoms with Crippen LogP contribution in [0.2, 0.25) is 0 Å². The number of benzene rings is 2. The van der Waals surface area contributed by atoms with Crippen molar-refractivity contribution in [1.29, 1.82) is 0 Å². The number of nitrogens with zero attached hydrogens (tertiary/aromatic N) is 2. The molecule has 4 nitrogen and oxygen atoms in total. The Morgan fingerprint density at radius 1 is 1.08 bits per heavy atom. The third-order valence-corrected chi connectivity index (χ3v) is 5.03. The number of aromatic nitrogens is 2. The van der Waals surface area contributed by atoms with Gasteiger partial charge in [0.2, 0.25) is 0 Å². The molecule has 0 radical (unpaired) electrons. The standard InChI is InChI=1S/C20H20N2O2/c1-2-6-15-11-16(10-9-14(15)5-1)23-13-17-12-22-19-8-4-3-7-18(19)21-20(22)24-17/h3-4,7-11,17H,1-2,5-6,12-13H2/t17-/m0/s1. The number of fused-ring (bicyclic) bond motifs is 4. The van der Waals surface area contributed by atoms with Gasteiger partial charge in [0.05, 0.1) is 17.6 Å². The lowest BCUT2D eigenvalue weighted by Crippen LogP contribution is -2.23. The Morgan fingerprint density at radius 2 is 1.96 bits per heavy atom. The Labute approximate surface area is 141 Å². The van der Waals surface area contributed by atoms with Gasteiger partial charge in [-0.25, -0.2) is 0 Å². The first-order valence-corrected chi connectivity index (χ1v) is 8.73. The minimum atomic E-state index is 0.0214. The molecule has 3 aromatic rings. The predicted molar refractivity (Wildman–Crippen MR) is 92.7 cm³/mol. The van der Waals surface area contributed by atoms with E-state index in [1.807, 2.05) is 18.2 Å². The first-order valence-electron chi connectivity index (χ1n) is 8.73. The van der Waals surface area contributed by atoms with Crippen molar-refractivity contribution in [2.75, 3.05) is 6.61 Å². The fourth-order valence-corrected chi connectivity index (χ4v) is 3.79. The first kappa shape index (κ1) is 13.9. The van der Waals surface area contributed by atoms with Crippen molar-refractivity contribution in [3.05, 3.63) is 53.6 Å². The van der Waals surface area contributed by atoms with Crippen LogP contribution in [-0.4, -0.2) is 22.3 Å². The zero-order valence-corrected chi connectivity index (χ0v) is 13.6. The van der Waals surface area contributed by atoms with E-state index in [9.17, 15) is 0 Å². The minimum Gasteiger partial charge on any atom is -0.490 e. The van der Waals surface area contributed by atoms with Crippen molar-refractivity contribution in [3.8, 4) is 11.8 Å². The van der Waals surface area contributed by atoms with E-state index in [1.54, 1.807) is 0 Å². The van der Waals surface area contributed by atoms with Crippen molar-refractivity contribution in [3.63, 3.8) is 0 Å². The molecule has 1 aromatic heterocycles. The van der Waals surface area contributed by atoms with Gasteiger partial charge in [-0.3, -0.25) is 4.57 Å². The van der Waals surface area contributed by atoms with Gasteiger partial charge in [0.1, 0.15) is 12.4 Å². The van der Waals surface area contributed by atoms with Crippen molar-refractivity contribution < 1.29 is 9.47 Å². The molecule has 0 saturated heterocycles. The zero-order chi connectivity index (χ0) is 15.9. The highest BCUT2D eigenvalue weighted by Gasteiger charge is 2.26. The van der Waals surface area contributed by atoms with E-state index >= 15 is 0 Å². The number of para-hydroxylation sites is 2. The van der Waals surface area contributed by atoms with E-state index in [-0.39, 0.29) is 6.10 Å². The van der Waals surface area contributed by atoms with Crippen LogP contribution in [0.3, 0.4) is 0 Å². The molecule has 122 valence electrons. The summed E-state index contributed by atoms with van der Waals surface area (Å²) in [4.78, 5) is 4.54. The summed E-state index contributed by atoms with van der Waals surface area (Å²) in [5.41, 5.74) is 5.05. The van der Waals surface area contributed by atoms with Crippen LogP contribution < -0.4 is 9.47 Å². The fourth-order valence-electron chi connectivity index (χ4n) is 3.79. The van der Waals surface area contributed by atoms with Crippen molar-refractivity contribution in [1.82, 2.24) is 9.55 Å².